The molecule has 0 saturated carbocycles. The fourth-order valence-electron chi connectivity index (χ4n) is 1.73. The molecule has 0 aliphatic carbocycles. The minimum Gasteiger partial charge on any atom is -0.328 e. The Kier molecular flexibility index (Phi) is 6.60. The predicted molar refractivity (Wildman–Crippen MR) is 74.0 cm³/mol. The molecule has 1 nitrogen and oxygen atoms in total. The summed E-state index contributed by atoms with van der Waals surface area (Å²) in [6.07, 6.45) is 4.46. The molecule has 0 heterocycles. The Bertz CT molecular complexity index is 339. The summed E-state index contributed by atoms with van der Waals surface area (Å²) < 4.78 is 13.2. The van der Waals surface area contributed by atoms with Crippen molar-refractivity contribution in [1.82, 2.24) is 0 Å². The Hall–Kier alpha value is -0.540. The summed E-state index contributed by atoms with van der Waals surface area (Å²) in [5, 5.41) is 0. The van der Waals surface area contributed by atoms with Gasteiger partial charge < -0.3 is 5.73 Å². The molecule has 0 amide bonds. The van der Waals surface area contributed by atoms with Crippen molar-refractivity contribution in [3.63, 3.8) is 0 Å². The first-order valence-electron chi connectivity index (χ1n) is 6.30. The SMILES string of the molecule is CCCCCSc1ccc(F)cc1CC(C)N. The third kappa shape index (κ3) is 5.55. The van der Waals surface area contributed by atoms with Gasteiger partial charge in [0.2, 0.25) is 0 Å². The Morgan fingerprint density at radius 3 is 2.76 bits per heavy atom. The second-order valence-electron chi connectivity index (χ2n) is 4.49. The van der Waals surface area contributed by atoms with Crippen molar-refractivity contribution in [2.75, 3.05) is 5.75 Å². The van der Waals surface area contributed by atoms with Crippen LogP contribution in [0.1, 0.15) is 38.7 Å². The highest BCUT2D eigenvalue weighted by molar-refractivity contribution is 7.99. The van der Waals surface area contributed by atoms with Crippen LogP contribution >= 0.6 is 11.8 Å². The summed E-state index contributed by atoms with van der Waals surface area (Å²) in [6, 6.07) is 5.11. The number of hydrogen-bond acceptors (Lipinski definition) is 2. The summed E-state index contributed by atoms with van der Waals surface area (Å²) in [5.41, 5.74) is 6.83. The van der Waals surface area contributed by atoms with E-state index in [-0.39, 0.29) is 11.9 Å². The van der Waals surface area contributed by atoms with Crippen LogP contribution in [0.25, 0.3) is 0 Å². The first kappa shape index (κ1) is 14.5. The van der Waals surface area contributed by atoms with Crippen LogP contribution < -0.4 is 5.73 Å². The van der Waals surface area contributed by atoms with Crippen molar-refractivity contribution < 1.29 is 4.39 Å². The summed E-state index contributed by atoms with van der Waals surface area (Å²) in [7, 11) is 0. The van der Waals surface area contributed by atoms with Gasteiger partial charge in [-0.1, -0.05) is 19.8 Å². The van der Waals surface area contributed by atoms with Crippen molar-refractivity contribution in [1.29, 1.82) is 0 Å². The van der Waals surface area contributed by atoms with Gasteiger partial charge in [0, 0.05) is 10.9 Å². The van der Waals surface area contributed by atoms with Gasteiger partial charge in [0.05, 0.1) is 0 Å². The molecule has 1 aromatic carbocycles. The van der Waals surface area contributed by atoms with Gasteiger partial charge in [0.15, 0.2) is 0 Å². The molecule has 96 valence electrons. The Balaban J connectivity index is 2.62. The fourth-order valence-corrected chi connectivity index (χ4v) is 2.79. The van der Waals surface area contributed by atoms with E-state index < -0.39 is 0 Å². The fraction of sp³-hybridized carbons (Fsp3) is 0.571. The maximum Gasteiger partial charge on any atom is 0.123 e. The largest absolute Gasteiger partial charge is 0.328 e. The van der Waals surface area contributed by atoms with Gasteiger partial charge in [-0.25, -0.2) is 4.39 Å². The van der Waals surface area contributed by atoms with Crippen LogP contribution in [0.4, 0.5) is 4.39 Å². The molecular formula is C14H22FNS. The quantitative estimate of drug-likeness (QED) is 0.589. The smallest absolute Gasteiger partial charge is 0.123 e. The molecule has 0 aliphatic heterocycles. The highest BCUT2D eigenvalue weighted by atomic mass is 32.2. The number of hydrogen-bond donors (Lipinski definition) is 1. The van der Waals surface area contributed by atoms with Gasteiger partial charge in [-0.05, 0) is 49.3 Å². The van der Waals surface area contributed by atoms with E-state index >= 15 is 0 Å². The number of thioether (sulfide) groups is 1. The van der Waals surface area contributed by atoms with Gasteiger partial charge in [0.1, 0.15) is 5.82 Å². The average Bonchev–Trinajstić information content (AvgIpc) is 2.26. The Morgan fingerprint density at radius 2 is 2.12 bits per heavy atom. The summed E-state index contributed by atoms with van der Waals surface area (Å²) in [5.74, 6) is 0.935. The molecule has 1 rings (SSSR count). The molecule has 0 radical (unpaired) electrons. The maximum absolute atomic E-state index is 13.2. The molecule has 17 heavy (non-hydrogen) atoms. The lowest BCUT2D eigenvalue weighted by Crippen LogP contribution is -2.18. The van der Waals surface area contributed by atoms with Gasteiger partial charge in [-0.15, -0.1) is 11.8 Å². The van der Waals surface area contributed by atoms with Crippen LogP contribution in [-0.2, 0) is 6.42 Å². The molecule has 0 aliphatic rings. The normalized spacial score (nSPS) is 12.7. The monoisotopic (exact) mass is 255 g/mol. The number of halogens is 1. The Morgan fingerprint density at radius 1 is 1.35 bits per heavy atom. The van der Waals surface area contributed by atoms with E-state index in [4.69, 9.17) is 5.73 Å². The number of nitrogens with two attached hydrogens (primary N) is 1. The zero-order valence-electron chi connectivity index (χ0n) is 10.7. The van der Waals surface area contributed by atoms with Crippen LogP contribution in [0, 0.1) is 5.82 Å². The van der Waals surface area contributed by atoms with Crippen molar-refractivity contribution in [2.24, 2.45) is 5.73 Å². The van der Waals surface area contributed by atoms with Gasteiger partial charge in [0.25, 0.3) is 0 Å². The highest BCUT2D eigenvalue weighted by Gasteiger charge is 2.07. The first-order chi connectivity index (χ1) is 8.13. The van der Waals surface area contributed by atoms with Crippen LogP contribution in [0.2, 0.25) is 0 Å². The van der Waals surface area contributed by atoms with Crippen molar-refractivity contribution in [2.45, 2.75) is 50.5 Å². The third-order valence-corrected chi connectivity index (χ3v) is 3.77. The molecular weight excluding hydrogens is 233 g/mol. The molecule has 0 bridgehead atoms. The van der Waals surface area contributed by atoms with E-state index in [2.05, 4.69) is 6.92 Å². The first-order valence-corrected chi connectivity index (χ1v) is 7.29. The molecule has 3 heteroatoms. The van der Waals surface area contributed by atoms with Gasteiger partial charge >= 0.3 is 0 Å². The highest BCUT2D eigenvalue weighted by Crippen LogP contribution is 2.25. The summed E-state index contributed by atoms with van der Waals surface area (Å²) >= 11 is 1.82. The average molecular weight is 255 g/mol. The molecule has 1 aromatic rings. The molecule has 2 N–H and O–H groups in total. The van der Waals surface area contributed by atoms with Crippen molar-refractivity contribution in [3.8, 4) is 0 Å². The molecule has 0 fully saturated rings. The molecule has 1 unspecified atom stereocenters. The van der Waals surface area contributed by atoms with Crippen molar-refractivity contribution >= 4 is 11.8 Å². The zero-order valence-corrected chi connectivity index (χ0v) is 11.5. The molecule has 1 atom stereocenters. The second-order valence-corrected chi connectivity index (χ2v) is 5.63. The summed E-state index contributed by atoms with van der Waals surface area (Å²) in [4.78, 5) is 1.18. The second kappa shape index (κ2) is 7.72. The van der Waals surface area contributed by atoms with Gasteiger partial charge in [-0.2, -0.15) is 0 Å². The van der Waals surface area contributed by atoms with Crippen LogP contribution in [0.15, 0.2) is 23.1 Å². The van der Waals surface area contributed by atoms with E-state index in [1.54, 1.807) is 6.07 Å². The van der Waals surface area contributed by atoms with E-state index in [9.17, 15) is 4.39 Å². The van der Waals surface area contributed by atoms with Crippen molar-refractivity contribution in [3.05, 3.63) is 29.6 Å². The zero-order chi connectivity index (χ0) is 12.7. The van der Waals surface area contributed by atoms with E-state index in [1.165, 1.54) is 30.2 Å². The van der Waals surface area contributed by atoms with E-state index in [1.807, 2.05) is 24.8 Å². The number of benzene rings is 1. The predicted octanol–water partition coefficient (Wildman–Crippen LogP) is 4.00. The maximum atomic E-state index is 13.2. The lowest BCUT2D eigenvalue weighted by atomic mass is 10.1. The van der Waals surface area contributed by atoms with Crippen LogP contribution in [-0.4, -0.2) is 11.8 Å². The lowest BCUT2D eigenvalue weighted by Gasteiger charge is -2.11. The van der Waals surface area contributed by atoms with Crippen LogP contribution in [0.3, 0.4) is 0 Å². The van der Waals surface area contributed by atoms with Crippen LogP contribution in [0.5, 0.6) is 0 Å². The standard InChI is InChI=1S/C14H22FNS/c1-3-4-5-8-17-14-7-6-13(15)10-12(14)9-11(2)16/h6-7,10-11H,3-5,8-9,16H2,1-2H3. The Labute approximate surface area is 108 Å². The summed E-state index contributed by atoms with van der Waals surface area (Å²) in [6.45, 7) is 4.15. The minimum absolute atomic E-state index is 0.0757. The van der Waals surface area contributed by atoms with E-state index in [0.717, 1.165) is 17.7 Å². The van der Waals surface area contributed by atoms with Gasteiger partial charge in [-0.3, -0.25) is 0 Å². The lowest BCUT2D eigenvalue weighted by molar-refractivity contribution is 0.620. The minimum atomic E-state index is -0.168. The molecule has 0 saturated heterocycles. The third-order valence-electron chi connectivity index (χ3n) is 2.57. The number of unbranched alkanes of at least 4 members (excludes halogenated alkanes) is 2. The topological polar surface area (TPSA) is 26.0 Å². The molecule has 0 spiro atoms. The molecule has 0 aromatic heterocycles. The van der Waals surface area contributed by atoms with E-state index in [0.29, 0.717) is 0 Å². The number of rotatable bonds is 7.